The topological polar surface area (TPSA) is 81.2 Å². The van der Waals surface area contributed by atoms with Crippen molar-refractivity contribution >= 4 is 11.9 Å². The molecule has 7 heteroatoms. The summed E-state index contributed by atoms with van der Waals surface area (Å²) in [6, 6.07) is 6.24. The molecule has 7 nitrogen and oxygen atoms in total. The van der Waals surface area contributed by atoms with Gasteiger partial charge >= 0.3 is 5.97 Å². The minimum absolute atomic E-state index is 0.133. The van der Waals surface area contributed by atoms with Crippen LogP contribution in [-0.4, -0.2) is 53.0 Å². The van der Waals surface area contributed by atoms with Crippen molar-refractivity contribution in [2.24, 2.45) is 4.99 Å². The quantitative estimate of drug-likeness (QED) is 0.213. The van der Waals surface area contributed by atoms with Crippen molar-refractivity contribution < 1.29 is 19.0 Å². The number of benzene rings is 1. The zero-order valence-electron chi connectivity index (χ0n) is 18.4. The van der Waals surface area contributed by atoms with Crippen LogP contribution in [-0.2, 0) is 20.8 Å². The van der Waals surface area contributed by atoms with Crippen molar-refractivity contribution in [3.05, 3.63) is 29.3 Å². The molecule has 0 atom stereocenters. The number of aliphatic imine (C=N–C) groups is 1. The number of aryl methyl sites for hydroxylation is 1. The average molecular weight is 408 g/mol. The minimum atomic E-state index is -0.133. The van der Waals surface area contributed by atoms with E-state index in [1.165, 1.54) is 12.7 Å². The van der Waals surface area contributed by atoms with Gasteiger partial charge in [-0.05, 0) is 31.4 Å². The van der Waals surface area contributed by atoms with Gasteiger partial charge in [-0.15, -0.1) is 0 Å². The van der Waals surface area contributed by atoms with E-state index in [1.54, 1.807) is 14.2 Å². The highest BCUT2D eigenvalue weighted by Crippen LogP contribution is 2.20. The number of nitrogens with one attached hydrogen (secondary N) is 2. The summed E-state index contributed by atoms with van der Waals surface area (Å²) in [7, 11) is 4.89. The van der Waals surface area contributed by atoms with Gasteiger partial charge in [0.1, 0.15) is 5.75 Å². The van der Waals surface area contributed by atoms with E-state index in [1.807, 2.05) is 0 Å². The molecule has 0 spiro atoms. The van der Waals surface area contributed by atoms with Crippen LogP contribution in [0.4, 0.5) is 0 Å². The summed E-state index contributed by atoms with van der Waals surface area (Å²) >= 11 is 0. The Kier molecular flexibility index (Phi) is 13.3. The maximum Gasteiger partial charge on any atom is 0.305 e. The van der Waals surface area contributed by atoms with E-state index in [9.17, 15) is 4.79 Å². The Balaban J connectivity index is 2.34. The first-order chi connectivity index (χ1) is 14.1. The fourth-order valence-electron chi connectivity index (χ4n) is 2.78. The van der Waals surface area contributed by atoms with Gasteiger partial charge in [-0.2, -0.15) is 0 Å². The van der Waals surface area contributed by atoms with Gasteiger partial charge in [-0.1, -0.05) is 25.0 Å². The summed E-state index contributed by atoms with van der Waals surface area (Å²) in [6.45, 7) is 4.86. The summed E-state index contributed by atoms with van der Waals surface area (Å²) in [5.41, 5.74) is 2.27. The number of guanidine groups is 1. The molecule has 0 radical (unpaired) electrons. The number of unbranched alkanes of at least 4 members (excludes halogenated alkanes) is 3. The largest absolute Gasteiger partial charge is 0.493 e. The van der Waals surface area contributed by atoms with Gasteiger partial charge in [-0.25, -0.2) is 0 Å². The van der Waals surface area contributed by atoms with Crippen LogP contribution in [0.1, 0.15) is 49.7 Å². The lowest BCUT2D eigenvalue weighted by Gasteiger charge is -2.15. The highest BCUT2D eigenvalue weighted by Gasteiger charge is 2.06. The maximum absolute atomic E-state index is 11.1. The Morgan fingerprint density at radius 2 is 1.83 bits per heavy atom. The molecule has 0 unspecified atom stereocenters. The molecule has 2 N–H and O–H groups in total. The van der Waals surface area contributed by atoms with Crippen LogP contribution in [0, 0.1) is 6.92 Å². The van der Waals surface area contributed by atoms with Crippen LogP contribution in [0.5, 0.6) is 5.75 Å². The summed E-state index contributed by atoms with van der Waals surface area (Å²) < 4.78 is 15.7. The lowest BCUT2D eigenvalue weighted by molar-refractivity contribution is -0.140. The van der Waals surface area contributed by atoms with Crippen molar-refractivity contribution in [1.29, 1.82) is 0 Å². The molecule has 164 valence electrons. The first-order valence-electron chi connectivity index (χ1n) is 10.3. The molecule has 1 aromatic carbocycles. The van der Waals surface area contributed by atoms with Crippen molar-refractivity contribution in [3.8, 4) is 5.75 Å². The monoisotopic (exact) mass is 407 g/mol. The van der Waals surface area contributed by atoms with E-state index in [2.05, 4.69) is 45.5 Å². The maximum atomic E-state index is 11.1. The van der Waals surface area contributed by atoms with Crippen molar-refractivity contribution in [2.45, 2.75) is 52.0 Å². The standard InChI is InChI=1S/C22H37N3O4/c1-18-11-12-19(20(16-18)29-15-9-14-27-3)17-25-22(23-2)24-13-8-6-5-7-10-21(26)28-4/h11-12,16H,5-10,13-15,17H2,1-4H3,(H2,23,24,25). The first kappa shape index (κ1) is 24.8. The van der Waals surface area contributed by atoms with Crippen molar-refractivity contribution in [2.75, 3.05) is 41.0 Å². The van der Waals surface area contributed by atoms with E-state index >= 15 is 0 Å². The van der Waals surface area contributed by atoms with Crippen molar-refractivity contribution in [1.82, 2.24) is 10.6 Å². The number of nitrogens with zero attached hydrogens (tertiary/aromatic N) is 1. The molecule has 0 amide bonds. The Labute approximate surface area is 175 Å². The molecule has 0 aliphatic heterocycles. The number of methoxy groups -OCH3 is 2. The number of carbonyl (C=O) groups excluding carboxylic acids is 1. The number of hydrogen-bond donors (Lipinski definition) is 2. The highest BCUT2D eigenvalue weighted by molar-refractivity contribution is 5.79. The van der Waals surface area contributed by atoms with E-state index in [-0.39, 0.29) is 5.97 Å². The zero-order valence-corrected chi connectivity index (χ0v) is 18.4. The SMILES string of the molecule is CN=C(NCCCCCCC(=O)OC)NCc1ccc(C)cc1OCCCOC. The highest BCUT2D eigenvalue weighted by atomic mass is 16.5. The van der Waals surface area contributed by atoms with Gasteiger partial charge in [0, 0.05) is 52.3 Å². The fraction of sp³-hybridized carbons (Fsp3) is 0.636. The second kappa shape index (κ2) is 15.6. The number of hydrogen-bond acceptors (Lipinski definition) is 5. The van der Waals surface area contributed by atoms with Gasteiger partial charge in [-0.3, -0.25) is 9.79 Å². The van der Waals surface area contributed by atoms with Gasteiger partial charge in [0.2, 0.25) is 0 Å². The molecule has 1 rings (SSSR count). The average Bonchev–Trinajstić information content (AvgIpc) is 2.73. The Bertz CT molecular complexity index is 620. The zero-order chi connectivity index (χ0) is 21.3. The normalized spacial score (nSPS) is 11.2. The minimum Gasteiger partial charge on any atom is -0.493 e. The van der Waals surface area contributed by atoms with Gasteiger partial charge < -0.3 is 24.8 Å². The molecule has 0 saturated carbocycles. The molecular formula is C22H37N3O4. The molecule has 0 fully saturated rings. The van der Waals surface area contributed by atoms with Gasteiger partial charge in [0.05, 0.1) is 13.7 Å². The van der Waals surface area contributed by atoms with Crippen LogP contribution in [0.2, 0.25) is 0 Å². The molecule has 0 aliphatic rings. The number of esters is 1. The Morgan fingerprint density at radius 1 is 1.03 bits per heavy atom. The number of ether oxygens (including phenoxy) is 3. The van der Waals surface area contributed by atoms with Gasteiger partial charge in [0.25, 0.3) is 0 Å². The molecular weight excluding hydrogens is 370 g/mol. The summed E-state index contributed by atoms with van der Waals surface area (Å²) in [5, 5.41) is 6.68. The first-order valence-corrected chi connectivity index (χ1v) is 10.3. The Morgan fingerprint density at radius 3 is 2.55 bits per heavy atom. The third-order valence-corrected chi connectivity index (χ3v) is 4.47. The van der Waals surface area contributed by atoms with Gasteiger partial charge in [0.15, 0.2) is 5.96 Å². The van der Waals surface area contributed by atoms with Crippen molar-refractivity contribution in [3.63, 3.8) is 0 Å². The fourth-order valence-corrected chi connectivity index (χ4v) is 2.78. The predicted octanol–water partition coefficient (Wildman–Crippen LogP) is 3.20. The second-order valence-electron chi connectivity index (χ2n) is 6.90. The second-order valence-corrected chi connectivity index (χ2v) is 6.90. The lowest BCUT2D eigenvalue weighted by Crippen LogP contribution is -2.37. The Hall–Kier alpha value is -2.28. The molecule has 0 bridgehead atoms. The van der Waals surface area contributed by atoms with Crippen LogP contribution in [0.3, 0.4) is 0 Å². The molecule has 0 saturated heterocycles. The summed E-state index contributed by atoms with van der Waals surface area (Å²) in [4.78, 5) is 15.4. The third kappa shape index (κ3) is 11.3. The number of carbonyl (C=O) groups is 1. The van der Waals surface area contributed by atoms with Crippen LogP contribution >= 0.6 is 0 Å². The predicted molar refractivity (Wildman–Crippen MR) is 116 cm³/mol. The molecule has 0 aromatic heterocycles. The lowest BCUT2D eigenvalue weighted by atomic mass is 10.1. The molecule has 1 aromatic rings. The molecule has 0 heterocycles. The molecule has 29 heavy (non-hydrogen) atoms. The summed E-state index contributed by atoms with van der Waals surface area (Å²) in [5.74, 6) is 1.53. The van der Waals surface area contributed by atoms with E-state index in [0.29, 0.717) is 26.2 Å². The van der Waals surface area contributed by atoms with E-state index in [0.717, 1.165) is 55.9 Å². The summed E-state index contributed by atoms with van der Waals surface area (Å²) in [6.07, 6.45) is 5.36. The van der Waals surface area contributed by atoms with E-state index in [4.69, 9.17) is 9.47 Å². The van der Waals surface area contributed by atoms with Crippen LogP contribution < -0.4 is 15.4 Å². The van der Waals surface area contributed by atoms with Crippen LogP contribution in [0.15, 0.2) is 23.2 Å². The number of rotatable bonds is 14. The third-order valence-electron chi connectivity index (χ3n) is 4.47. The van der Waals surface area contributed by atoms with Crippen LogP contribution in [0.25, 0.3) is 0 Å². The smallest absolute Gasteiger partial charge is 0.305 e. The van der Waals surface area contributed by atoms with E-state index < -0.39 is 0 Å². The molecule has 0 aliphatic carbocycles.